The Labute approximate surface area is 276 Å². The van der Waals surface area contributed by atoms with E-state index in [2.05, 4.69) is 10.3 Å². The first-order valence-corrected chi connectivity index (χ1v) is 17.1. The summed E-state index contributed by atoms with van der Waals surface area (Å²) < 4.78 is 19.8. The van der Waals surface area contributed by atoms with Crippen molar-refractivity contribution in [1.82, 2.24) is 4.98 Å². The van der Waals surface area contributed by atoms with E-state index in [-0.39, 0.29) is 58.1 Å². The molecule has 3 amide bonds. The molecule has 7 atom stereocenters. The van der Waals surface area contributed by atoms with Crippen molar-refractivity contribution in [2.45, 2.75) is 29.5 Å². The van der Waals surface area contributed by atoms with Gasteiger partial charge in [0.15, 0.2) is 6.61 Å². The lowest BCUT2D eigenvalue weighted by Crippen LogP contribution is -2.42. The minimum atomic E-state index is -0.521. The summed E-state index contributed by atoms with van der Waals surface area (Å²) in [6, 6.07) is 18.2. The number of aryl methyl sites for hydroxylation is 1. The van der Waals surface area contributed by atoms with Gasteiger partial charge in [-0.05, 0) is 85.2 Å². The van der Waals surface area contributed by atoms with Gasteiger partial charge in [-0.25, -0.2) is 4.39 Å². The van der Waals surface area contributed by atoms with Gasteiger partial charge in [-0.2, -0.15) is 0 Å². The maximum absolute atomic E-state index is 14.0. The number of amides is 3. The van der Waals surface area contributed by atoms with Gasteiger partial charge in [-0.1, -0.05) is 41.1 Å². The summed E-state index contributed by atoms with van der Waals surface area (Å²) in [7, 11) is 0. The van der Waals surface area contributed by atoms with Gasteiger partial charge in [0.1, 0.15) is 11.6 Å². The molecule has 1 aromatic heterocycles. The zero-order valence-electron chi connectivity index (χ0n) is 24.4. The van der Waals surface area contributed by atoms with Crippen LogP contribution < -0.4 is 19.8 Å². The van der Waals surface area contributed by atoms with Crippen LogP contribution in [0.15, 0.2) is 76.6 Å². The average molecular weight is 676 g/mol. The number of thioether (sulfide) groups is 1. The number of hydrogen-bond acceptors (Lipinski definition) is 7. The van der Waals surface area contributed by atoms with E-state index in [1.165, 1.54) is 29.2 Å². The fourth-order valence-electron chi connectivity index (χ4n) is 8.15. The average Bonchev–Trinajstić information content (AvgIpc) is 3.77. The molecule has 3 heterocycles. The Morgan fingerprint density at radius 2 is 1.78 bits per heavy atom. The number of carbonyl (C=O) groups is 3. The number of aromatic amines is 1. The molecule has 12 heteroatoms. The van der Waals surface area contributed by atoms with Gasteiger partial charge in [0, 0.05) is 32.3 Å². The normalized spacial score (nSPS) is 27.4. The summed E-state index contributed by atoms with van der Waals surface area (Å²) in [5.74, 6) is -2.49. The van der Waals surface area contributed by atoms with Crippen molar-refractivity contribution in [3.8, 4) is 5.75 Å². The first-order chi connectivity index (χ1) is 22.2. The van der Waals surface area contributed by atoms with E-state index in [0.29, 0.717) is 28.6 Å². The second kappa shape index (κ2) is 11.1. The van der Waals surface area contributed by atoms with E-state index in [0.717, 1.165) is 32.4 Å². The van der Waals surface area contributed by atoms with Crippen molar-refractivity contribution < 1.29 is 23.5 Å². The fraction of sp³-hybridized carbons (Fsp3) is 0.294. The number of carbonyl (C=O) groups excluding carboxylic acids is 3. The number of rotatable bonds is 6. The zero-order valence-corrected chi connectivity index (χ0v) is 26.8. The largest absolute Gasteiger partial charge is 0.483 e. The van der Waals surface area contributed by atoms with Crippen LogP contribution in [0.2, 0.25) is 5.02 Å². The first-order valence-electron chi connectivity index (χ1n) is 15.0. The molecule has 2 aliphatic heterocycles. The number of hydrogen-bond donors (Lipinski definition) is 2. The molecule has 4 aromatic rings. The predicted octanol–water partition coefficient (Wildman–Crippen LogP) is 6.23. The van der Waals surface area contributed by atoms with Crippen LogP contribution >= 0.6 is 34.7 Å². The molecule has 8 nitrogen and oxygen atoms in total. The van der Waals surface area contributed by atoms with Crippen molar-refractivity contribution >= 4 is 63.8 Å². The Hall–Kier alpha value is -3.93. The summed E-state index contributed by atoms with van der Waals surface area (Å²) in [6.45, 7) is 1.66. The lowest BCUT2D eigenvalue weighted by molar-refractivity contribution is -0.123. The molecule has 2 aliphatic carbocycles. The fourth-order valence-corrected chi connectivity index (χ4v) is 11.2. The second-order valence-corrected chi connectivity index (χ2v) is 14.9. The number of aromatic nitrogens is 1. The third kappa shape index (κ3) is 4.62. The van der Waals surface area contributed by atoms with Crippen molar-refractivity contribution in [2.24, 2.45) is 29.6 Å². The van der Waals surface area contributed by atoms with Crippen LogP contribution in [0.5, 0.6) is 5.75 Å². The highest BCUT2D eigenvalue weighted by molar-refractivity contribution is 8.00. The number of nitrogens with one attached hydrogen (secondary N) is 2. The third-order valence-electron chi connectivity index (χ3n) is 9.89. The number of halogens is 2. The summed E-state index contributed by atoms with van der Waals surface area (Å²) in [6.07, 6.45) is 0.706. The number of ether oxygens (including phenoxy) is 1. The van der Waals surface area contributed by atoms with Crippen LogP contribution in [-0.2, 0) is 14.4 Å². The summed E-state index contributed by atoms with van der Waals surface area (Å²) >= 11 is 9.28. The minimum Gasteiger partial charge on any atom is -0.483 e. The SMILES string of the molecule is Cc1ccccc1NC(=O)COc1ccc(Cl)cc1[C@H]1c2sc(=O)[nH]c2SC2C1[C@H]1C[C@@H]2C2C(=O)N(c3ccc(F)cc3)C(=O)C21. The number of H-pyrrole nitrogens is 1. The van der Waals surface area contributed by atoms with Crippen molar-refractivity contribution in [1.29, 1.82) is 0 Å². The molecule has 2 N–H and O–H groups in total. The maximum atomic E-state index is 14.0. The lowest BCUT2D eigenvalue weighted by atomic mass is 9.68. The van der Waals surface area contributed by atoms with Crippen LogP contribution in [0.3, 0.4) is 0 Å². The number of fused-ring (bicyclic) bond motifs is 9. The van der Waals surface area contributed by atoms with Crippen LogP contribution in [-0.4, -0.2) is 34.6 Å². The quantitative estimate of drug-likeness (QED) is 0.235. The van der Waals surface area contributed by atoms with E-state index in [9.17, 15) is 23.6 Å². The standard InChI is InChI=1S/C34H27ClFN3O5S2/c1-15-4-2-3-5-22(15)37-24(40)14-44-23-11-6-16(35)12-19(23)25-26-20-13-21(29(26)45-31-30(25)46-34(43)38-31)28-27(20)32(41)39(33(28)42)18-9-7-17(36)8-10-18/h2-12,20-21,25-29H,13-14H2,1H3,(H,37,40)(H,38,43)/t20-,21-,25-,26?,27?,28?,29?/m1/s1. The van der Waals surface area contributed by atoms with Crippen LogP contribution in [0, 0.1) is 42.3 Å². The predicted molar refractivity (Wildman–Crippen MR) is 174 cm³/mol. The second-order valence-electron chi connectivity index (χ2n) is 12.3. The summed E-state index contributed by atoms with van der Waals surface area (Å²) in [5.41, 5.74) is 2.73. The lowest BCUT2D eigenvalue weighted by Gasteiger charge is -2.43. The Morgan fingerprint density at radius 3 is 2.54 bits per heavy atom. The van der Waals surface area contributed by atoms with E-state index in [1.54, 1.807) is 23.9 Å². The Bertz CT molecular complexity index is 1980. The van der Waals surface area contributed by atoms with Crippen molar-refractivity contribution in [3.63, 3.8) is 0 Å². The molecular formula is C34H27ClFN3O5S2. The van der Waals surface area contributed by atoms with Gasteiger partial charge in [-0.3, -0.25) is 24.1 Å². The molecule has 0 radical (unpaired) electrons. The van der Waals surface area contributed by atoms with Gasteiger partial charge in [0.25, 0.3) is 5.91 Å². The monoisotopic (exact) mass is 675 g/mol. The van der Waals surface area contributed by atoms with Gasteiger partial charge in [0.2, 0.25) is 11.8 Å². The van der Waals surface area contributed by atoms with Gasteiger partial charge in [0.05, 0.1) is 22.5 Å². The van der Waals surface area contributed by atoms with E-state index in [1.807, 2.05) is 37.3 Å². The van der Waals surface area contributed by atoms with E-state index >= 15 is 0 Å². The highest BCUT2D eigenvalue weighted by Crippen LogP contribution is 2.69. The topological polar surface area (TPSA) is 109 Å². The van der Waals surface area contributed by atoms with Gasteiger partial charge >= 0.3 is 4.87 Å². The summed E-state index contributed by atoms with van der Waals surface area (Å²) in [5, 5.41) is 4.07. The molecular weight excluding hydrogens is 649 g/mol. The molecule has 0 spiro atoms. The Morgan fingerprint density at radius 1 is 1.04 bits per heavy atom. The number of benzene rings is 3. The molecule has 1 saturated heterocycles. The van der Waals surface area contributed by atoms with Crippen LogP contribution in [0.1, 0.15) is 28.3 Å². The zero-order chi connectivity index (χ0) is 31.9. The van der Waals surface area contributed by atoms with Gasteiger partial charge in [-0.15, -0.1) is 11.8 Å². The first kappa shape index (κ1) is 29.5. The summed E-state index contributed by atoms with van der Waals surface area (Å²) in [4.78, 5) is 58.3. The molecule has 2 bridgehead atoms. The molecule has 3 fully saturated rings. The molecule has 3 aromatic carbocycles. The smallest absolute Gasteiger partial charge is 0.305 e. The van der Waals surface area contributed by atoms with Crippen molar-refractivity contribution in [2.75, 3.05) is 16.8 Å². The number of anilines is 2. The number of thiazole rings is 1. The minimum absolute atomic E-state index is 0.0462. The molecule has 2 saturated carbocycles. The van der Waals surface area contributed by atoms with Crippen molar-refractivity contribution in [3.05, 3.63) is 103 Å². The molecule has 46 heavy (non-hydrogen) atoms. The Kier molecular flexibility index (Phi) is 7.11. The molecule has 4 aliphatic rings. The number of imide groups is 1. The highest BCUT2D eigenvalue weighted by atomic mass is 35.5. The van der Waals surface area contributed by atoms with Crippen LogP contribution in [0.25, 0.3) is 0 Å². The highest BCUT2D eigenvalue weighted by Gasteiger charge is 2.69. The third-order valence-corrected chi connectivity index (χ3v) is 12.7. The van der Waals surface area contributed by atoms with Crippen LogP contribution in [0.4, 0.5) is 15.8 Å². The number of para-hydroxylation sites is 1. The van der Waals surface area contributed by atoms with E-state index < -0.39 is 17.7 Å². The van der Waals surface area contributed by atoms with Gasteiger partial charge < -0.3 is 15.0 Å². The molecule has 8 rings (SSSR count). The van der Waals surface area contributed by atoms with E-state index in [4.69, 9.17) is 16.3 Å². The maximum Gasteiger partial charge on any atom is 0.305 e. The molecule has 234 valence electrons. The number of nitrogens with zero attached hydrogens (tertiary/aromatic N) is 1. The Balaban J connectivity index is 1.15. The molecule has 4 unspecified atom stereocenters.